The van der Waals surface area contributed by atoms with Gasteiger partial charge >= 0.3 is 0 Å². The van der Waals surface area contributed by atoms with Crippen molar-refractivity contribution in [2.45, 2.75) is 43.0 Å². The van der Waals surface area contributed by atoms with Gasteiger partial charge in [0.15, 0.2) is 0 Å². The zero-order valence-electron chi connectivity index (χ0n) is 18.3. The van der Waals surface area contributed by atoms with Crippen LogP contribution in [0.5, 0.6) is 5.75 Å². The van der Waals surface area contributed by atoms with Gasteiger partial charge in [0.2, 0.25) is 5.91 Å². The first-order chi connectivity index (χ1) is 15.6. The largest absolute Gasteiger partial charge is 0.497 e. The molecule has 1 amide bonds. The van der Waals surface area contributed by atoms with Gasteiger partial charge in [-0.05, 0) is 55.3 Å². The van der Waals surface area contributed by atoms with Gasteiger partial charge in [-0.2, -0.15) is 14.6 Å². The van der Waals surface area contributed by atoms with Crippen LogP contribution in [0.1, 0.15) is 30.2 Å². The Morgan fingerprint density at radius 2 is 1.88 bits per heavy atom. The SMILES string of the molecule is CCCc1c(C)nc2ncnn2c1Sc1ccc(NC(=O)Cc2ccc(OC)cc2)cc1. The van der Waals surface area contributed by atoms with E-state index in [-0.39, 0.29) is 5.91 Å². The third-order valence-electron chi connectivity index (χ3n) is 5.06. The minimum atomic E-state index is -0.0603. The first-order valence-corrected chi connectivity index (χ1v) is 11.3. The number of benzene rings is 2. The van der Waals surface area contributed by atoms with Crippen LogP contribution < -0.4 is 10.1 Å². The molecule has 0 saturated carbocycles. The average molecular weight is 448 g/mol. The van der Waals surface area contributed by atoms with E-state index >= 15 is 0 Å². The average Bonchev–Trinajstić information content (AvgIpc) is 3.26. The lowest BCUT2D eigenvalue weighted by atomic mass is 10.1. The van der Waals surface area contributed by atoms with Crippen LogP contribution in [0.2, 0.25) is 0 Å². The third kappa shape index (κ3) is 4.91. The van der Waals surface area contributed by atoms with E-state index in [1.165, 1.54) is 11.9 Å². The molecular weight excluding hydrogens is 422 g/mol. The van der Waals surface area contributed by atoms with Crippen molar-refractivity contribution in [3.05, 3.63) is 71.7 Å². The molecule has 32 heavy (non-hydrogen) atoms. The summed E-state index contributed by atoms with van der Waals surface area (Å²) >= 11 is 1.63. The molecule has 0 atom stereocenters. The number of ether oxygens (including phenoxy) is 1. The summed E-state index contributed by atoms with van der Waals surface area (Å²) in [5.41, 5.74) is 3.87. The number of rotatable bonds is 8. The lowest BCUT2D eigenvalue weighted by Crippen LogP contribution is -2.14. The Kier molecular flexibility index (Phi) is 6.70. The molecule has 1 N–H and O–H groups in total. The molecular formula is C24H25N5O2S. The van der Waals surface area contributed by atoms with E-state index in [4.69, 9.17) is 4.74 Å². The van der Waals surface area contributed by atoms with Gasteiger partial charge in [0.1, 0.15) is 17.1 Å². The summed E-state index contributed by atoms with van der Waals surface area (Å²) in [6.07, 6.45) is 3.79. The number of nitrogens with zero attached hydrogens (tertiary/aromatic N) is 4. The monoisotopic (exact) mass is 447 g/mol. The molecule has 0 unspecified atom stereocenters. The maximum atomic E-state index is 12.4. The van der Waals surface area contributed by atoms with E-state index in [0.717, 1.165) is 45.5 Å². The number of anilines is 1. The summed E-state index contributed by atoms with van der Waals surface area (Å²) in [6.45, 7) is 4.17. The van der Waals surface area contributed by atoms with Crippen LogP contribution in [0.25, 0.3) is 5.78 Å². The van der Waals surface area contributed by atoms with Crippen molar-refractivity contribution in [3.63, 3.8) is 0 Å². The Morgan fingerprint density at radius 1 is 1.12 bits per heavy atom. The second-order valence-electron chi connectivity index (χ2n) is 7.40. The zero-order valence-corrected chi connectivity index (χ0v) is 19.1. The second kappa shape index (κ2) is 9.82. The maximum Gasteiger partial charge on any atom is 0.253 e. The summed E-state index contributed by atoms with van der Waals surface area (Å²) in [4.78, 5) is 22.3. The van der Waals surface area contributed by atoms with Crippen molar-refractivity contribution in [2.75, 3.05) is 12.4 Å². The van der Waals surface area contributed by atoms with Gasteiger partial charge in [-0.3, -0.25) is 4.79 Å². The van der Waals surface area contributed by atoms with Crippen molar-refractivity contribution < 1.29 is 9.53 Å². The minimum absolute atomic E-state index is 0.0603. The molecule has 4 rings (SSSR count). The quantitative estimate of drug-likeness (QED) is 0.394. The van der Waals surface area contributed by atoms with Gasteiger partial charge in [-0.1, -0.05) is 37.2 Å². The Morgan fingerprint density at radius 3 is 2.56 bits per heavy atom. The lowest BCUT2D eigenvalue weighted by Gasteiger charge is -2.13. The number of hydrogen-bond donors (Lipinski definition) is 1. The highest BCUT2D eigenvalue weighted by Gasteiger charge is 2.15. The predicted octanol–water partition coefficient (Wildman–Crippen LogP) is 4.73. The van der Waals surface area contributed by atoms with Crippen LogP contribution in [-0.2, 0) is 17.6 Å². The number of methoxy groups -OCH3 is 1. The predicted molar refractivity (Wildman–Crippen MR) is 125 cm³/mol. The van der Waals surface area contributed by atoms with Gasteiger partial charge < -0.3 is 10.1 Å². The normalized spacial score (nSPS) is 11.0. The first kappa shape index (κ1) is 21.8. The number of aromatic nitrogens is 4. The molecule has 2 aromatic carbocycles. The lowest BCUT2D eigenvalue weighted by molar-refractivity contribution is -0.115. The Balaban J connectivity index is 1.46. The molecule has 4 aromatic rings. The second-order valence-corrected chi connectivity index (χ2v) is 8.46. The Labute approximate surface area is 191 Å². The van der Waals surface area contributed by atoms with Crippen molar-refractivity contribution in [1.82, 2.24) is 19.6 Å². The van der Waals surface area contributed by atoms with E-state index in [1.54, 1.807) is 23.4 Å². The molecule has 0 aliphatic rings. The van der Waals surface area contributed by atoms with Gasteiger partial charge in [-0.25, -0.2) is 4.98 Å². The molecule has 2 aromatic heterocycles. The van der Waals surface area contributed by atoms with Gasteiger partial charge in [0.05, 0.1) is 13.5 Å². The number of carbonyl (C=O) groups is 1. The van der Waals surface area contributed by atoms with Crippen LogP contribution >= 0.6 is 11.8 Å². The number of carbonyl (C=O) groups excluding carboxylic acids is 1. The standard InChI is InChI=1S/C24H25N5O2S/c1-4-5-21-16(2)27-24-25-15-26-29(24)23(21)32-20-12-8-18(9-13-20)28-22(30)14-17-6-10-19(31-3)11-7-17/h6-13,15H,4-5,14H2,1-3H3,(H,28,30). The van der Waals surface area contributed by atoms with Crippen LogP contribution in [0, 0.1) is 6.92 Å². The van der Waals surface area contributed by atoms with E-state index in [2.05, 4.69) is 27.3 Å². The van der Waals surface area contributed by atoms with E-state index in [1.807, 2.05) is 55.5 Å². The molecule has 0 bridgehead atoms. The summed E-state index contributed by atoms with van der Waals surface area (Å²) < 4.78 is 6.95. The van der Waals surface area contributed by atoms with Gasteiger partial charge in [-0.15, -0.1) is 0 Å². The van der Waals surface area contributed by atoms with Gasteiger partial charge in [0, 0.05) is 21.8 Å². The molecule has 7 nitrogen and oxygen atoms in total. The fourth-order valence-corrected chi connectivity index (χ4v) is 4.53. The maximum absolute atomic E-state index is 12.4. The fourth-order valence-electron chi connectivity index (χ4n) is 3.45. The highest BCUT2D eigenvalue weighted by molar-refractivity contribution is 7.99. The molecule has 0 fully saturated rings. The first-order valence-electron chi connectivity index (χ1n) is 10.5. The van der Waals surface area contributed by atoms with Crippen molar-refractivity contribution in [2.24, 2.45) is 0 Å². The molecule has 0 aliphatic heterocycles. The van der Waals surface area contributed by atoms with Crippen LogP contribution in [0.4, 0.5) is 5.69 Å². The van der Waals surface area contributed by atoms with Crippen molar-refractivity contribution >= 4 is 29.1 Å². The summed E-state index contributed by atoms with van der Waals surface area (Å²) in [5.74, 6) is 1.32. The van der Waals surface area contributed by atoms with Crippen LogP contribution in [-0.4, -0.2) is 32.6 Å². The van der Waals surface area contributed by atoms with E-state index < -0.39 is 0 Å². The molecule has 164 valence electrons. The molecule has 0 aliphatic carbocycles. The van der Waals surface area contributed by atoms with Crippen LogP contribution in [0.3, 0.4) is 0 Å². The van der Waals surface area contributed by atoms with E-state index in [0.29, 0.717) is 12.2 Å². The topological polar surface area (TPSA) is 81.4 Å². The van der Waals surface area contributed by atoms with Gasteiger partial charge in [0.25, 0.3) is 5.78 Å². The van der Waals surface area contributed by atoms with Crippen LogP contribution in [0.15, 0.2) is 64.8 Å². The smallest absolute Gasteiger partial charge is 0.253 e. The highest BCUT2D eigenvalue weighted by atomic mass is 32.2. The fraction of sp³-hybridized carbons (Fsp3) is 0.250. The Hall–Kier alpha value is -3.39. The summed E-state index contributed by atoms with van der Waals surface area (Å²) in [6, 6.07) is 15.3. The van der Waals surface area contributed by atoms with Crippen molar-refractivity contribution in [3.8, 4) is 5.75 Å². The molecule has 2 heterocycles. The summed E-state index contributed by atoms with van der Waals surface area (Å²) in [7, 11) is 1.62. The molecule has 8 heteroatoms. The highest BCUT2D eigenvalue weighted by Crippen LogP contribution is 2.33. The van der Waals surface area contributed by atoms with E-state index in [9.17, 15) is 4.79 Å². The number of hydrogen-bond acceptors (Lipinski definition) is 6. The van der Waals surface area contributed by atoms with Crippen molar-refractivity contribution in [1.29, 1.82) is 0 Å². The number of fused-ring (bicyclic) bond motifs is 1. The summed E-state index contributed by atoms with van der Waals surface area (Å²) in [5, 5.41) is 8.35. The molecule has 0 saturated heterocycles. The molecule has 0 spiro atoms. The number of amides is 1. The zero-order chi connectivity index (χ0) is 22.5. The third-order valence-corrected chi connectivity index (χ3v) is 6.18. The number of nitrogens with one attached hydrogen (secondary N) is 1. The Bertz CT molecular complexity index is 1220. The minimum Gasteiger partial charge on any atom is -0.497 e. The molecule has 0 radical (unpaired) electrons. The number of aryl methyl sites for hydroxylation is 1.